The molecular weight excluding hydrogens is 394 g/mol. The van der Waals surface area contributed by atoms with E-state index in [1.54, 1.807) is 6.20 Å². The minimum absolute atomic E-state index is 0.948. The maximum atomic E-state index is 4.95. The molecule has 0 fully saturated rings. The van der Waals surface area contributed by atoms with Crippen molar-refractivity contribution in [2.75, 3.05) is 0 Å². The number of hydrogen-bond donors (Lipinski definition) is 0. The standard InChI is InChI=1S/C27H17N5/c1-2-8-18(9-3-1)31-23-13-7-15-29-24(23)21-17-30-25-20-11-4-5-12-22(20)32(27(25)26(21)31)19-10-6-14-28-16-19/h1-17H. The number of para-hydroxylation sites is 2. The quantitative estimate of drug-likeness (QED) is 0.347. The number of nitrogens with zero attached hydrogens (tertiary/aromatic N) is 5. The molecule has 2 aromatic carbocycles. The first-order chi connectivity index (χ1) is 15.9. The van der Waals surface area contributed by atoms with Crippen LogP contribution in [-0.4, -0.2) is 24.1 Å². The predicted molar refractivity (Wildman–Crippen MR) is 129 cm³/mol. The molecule has 0 aliphatic heterocycles. The van der Waals surface area contributed by atoms with Crippen molar-refractivity contribution in [2.24, 2.45) is 0 Å². The molecule has 0 amide bonds. The normalized spacial score (nSPS) is 11.8. The lowest BCUT2D eigenvalue weighted by molar-refractivity contribution is 1.12. The monoisotopic (exact) mass is 411 g/mol. The van der Waals surface area contributed by atoms with E-state index in [1.807, 2.05) is 36.8 Å². The molecule has 0 spiro atoms. The summed E-state index contributed by atoms with van der Waals surface area (Å²) in [6, 6.07) is 27.0. The molecule has 0 bridgehead atoms. The van der Waals surface area contributed by atoms with Crippen LogP contribution < -0.4 is 0 Å². The van der Waals surface area contributed by atoms with E-state index in [0.29, 0.717) is 0 Å². The average Bonchev–Trinajstić information content (AvgIpc) is 3.38. The molecule has 5 heterocycles. The summed E-state index contributed by atoms with van der Waals surface area (Å²) in [4.78, 5) is 14.1. The maximum absolute atomic E-state index is 4.95. The van der Waals surface area contributed by atoms with E-state index in [2.05, 4.69) is 74.8 Å². The Hall–Kier alpha value is -4.51. The summed E-state index contributed by atoms with van der Waals surface area (Å²) in [6.45, 7) is 0. The summed E-state index contributed by atoms with van der Waals surface area (Å²) >= 11 is 0. The maximum Gasteiger partial charge on any atom is 0.0985 e. The van der Waals surface area contributed by atoms with Gasteiger partial charge in [0.25, 0.3) is 0 Å². The van der Waals surface area contributed by atoms with Gasteiger partial charge in [0.2, 0.25) is 0 Å². The molecule has 150 valence electrons. The van der Waals surface area contributed by atoms with Crippen LogP contribution in [0.2, 0.25) is 0 Å². The van der Waals surface area contributed by atoms with E-state index < -0.39 is 0 Å². The first-order valence-corrected chi connectivity index (χ1v) is 10.5. The molecule has 0 saturated carbocycles. The minimum Gasteiger partial charge on any atom is -0.305 e. The van der Waals surface area contributed by atoms with E-state index in [1.165, 1.54) is 0 Å². The molecule has 5 heteroatoms. The number of hydrogen-bond acceptors (Lipinski definition) is 3. The van der Waals surface area contributed by atoms with Crippen molar-refractivity contribution in [3.05, 3.63) is 104 Å². The first kappa shape index (κ1) is 17.2. The summed E-state index contributed by atoms with van der Waals surface area (Å²) in [5.74, 6) is 0. The van der Waals surface area contributed by atoms with Crippen LogP contribution in [0.1, 0.15) is 0 Å². The number of fused-ring (bicyclic) bond motifs is 7. The molecule has 0 radical (unpaired) electrons. The molecule has 0 unspecified atom stereocenters. The fraction of sp³-hybridized carbons (Fsp3) is 0. The lowest BCUT2D eigenvalue weighted by atomic mass is 10.2. The highest BCUT2D eigenvalue weighted by Gasteiger charge is 2.22. The van der Waals surface area contributed by atoms with Crippen LogP contribution in [-0.2, 0) is 0 Å². The van der Waals surface area contributed by atoms with Crippen molar-refractivity contribution < 1.29 is 0 Å². The summed E-state index contributed by atoms with van der Waals surface area (Å²) < 4.78 is 4.57. The van der Waals surface area contributed by atoms with Crippen molar-refractivity contribution in [1.82, 2.24) is 24.1 Å². The summed E-state index contributed by atoms with van der Waals surface area (Å²) in [5.41, 5.74) is 8.33. The fourth-order valence-corrected chi connectivity index (χ4v) is 4.79. The Morgan fingerprint density at radius 2 is 1.25 bits per heavy atom. The van der Waals surface area contributed by atoms with Crippen LogP contribution >= 0.6 is 0 Å². The molecule has 0 aliphatic rings. The molecule has 0 saturated heterocycles. The number of pyridine rings is 3. The second-order valence-electron chi connectivity index (χ2n) is 7.82. The van der Waals surface area contributed by atoms with E-state index >= 15 is 0 Å². The van der Waals surface area contributed by atoms with Crippen LogP contribution in [0.25, 0.3) is 55.2 Å². The van der Waals surface area contributed by atoms with Gasteiger partial charge in [-0.15, -0.1) is 0 Å². The summed E-state index contributed by atoms with van der Waals surface area (Å²) in [5, 5.41) is 2.15. The van der Waals surface area contributed by atoms with Crippen LogP contribution in [0.5, 0.6) is 0 Å². The van der Waals surface area contributed by atoms with Crippen LogP contribution in [0.15, 0.2) is 104 Å². The van der Waals surface area contributed by atoms with E-state index in [9.17, 15) is 0 Å². The molecular formula is C27H17N5. The lowest BCUT2D eigenvalue weighted by Gasteiger charge is -2.11. The smallest absolute Gasteiger partial charge is 0.0985 e. The first-order valence-electron chi connectivity index (χ1n) is 10.5. The number of benzene rings is 2. The molecule has 7 aromatic rings. The zero-order chi connectivity index (χ0) is 21.1. The van der Waals surface area contributed by atoms with Crippen molar-refractivity contribution in [3.63, 3.8) is 0 Å². The van der Waals surface area contributed by atoms with E-state index in [0.717, 1.165) is 55.2 Å². The highest BCUT2D eigenvalue weighted by Crippen LogP contribution is 2.39. The van der Waals surface area contributed by atoms with Gasteiger partial charge in [0.05, 0.1) is 45.0 Å². The Bertz CT molecular complexity index is 1630. The third kappa shape index (κ3) is 2.25. The van der Waals surface area contributed by atoms with Gasteiger partial charge in [-0.2, -0.15) is 0 Å². The Morgan fingerprint density at radius 3 is 2.12 bits per heavy atom. The van der Waals surface area contributed by atoms with Crippen molar-refractivity contribution in [2.45, 2.75) is 0 Å². The zero-order valence-corrected chi connectivity index (χ0v) is 17.1. The highest BCUT2D eigenvalue weighted by atomic mass is 15.1. The minimum atomic E-state index is 0.948. The Kier molecular flexibility index (Phi) is 3.49. The van der Waals surface area contributed by atoms with Gasteiger partial charge >= 0.3 is 0 Å². The average molecular weight is 411 g/mol. The van der Waals surface area contributed by atoms with Gasteiger partial charge in [0.15, 0.2) is 0 Å². The van der Waals surface area contributed by atoms with Gasteiger partial charge in [0.1, 0.15) is 0 Å². The van der Waals surface area contributed by atoms with Crippen molar-refractivity contribution in [3.8, 4) is 11.4 Å². The fourth-order valence-electron chi connectivity index (χ4n) is 4.79. The Labute approximate surface area is 183 Å². The predicted octanol–water partition coefficient (Wildman–Crippen LogP) is 6.07. The van der Waals surface area contributed by atoms with Crippen molar-refractivity contribution in [1.29, 1.82) is 0 Å². The Balaban J connectivity index is 1.81. The molecule has 5 aromatic heterocycles. The zero-order valence-electron chi connectivity index (χ0n) is 17.1. The molecule has 7 rings (SSSR count). The molecule has 32 heavy (non-hydrogen) atoms. The third-order valence-corrected chi connectivity index (χ3v) is 6.07. The van der Waals surface area contributed by atoms with Crippen LogP contribution in [0.3, 0.4) is 0 Å². The largest absolute Gasteiger partial charge is 0.305 e. The van der Waals surface area contributed by atoms with Crippen molar-refractivity contribution >= 4 is 43.9 Å². The topological polar surface area (TPSA) is 48.5 Å². The highest BCUT2D eigenvalue weighted by molar-refractivity contribution is 6.21. The van der Waals surface area contributed by atoms with Gasteiger partial charge in [0, 0.05) is 35.1 Å². The van der Waals surface area contributed by atoms with Gasteiger partial charge in [-0.05, 0) is 42.5 Å². The van der Waals surface area contributed by atoms with Gasteiger partial charge in [-0.25, -0.2) is 0 Å². The van der Waals surface area contributed by atoms with Crippen LogP contribution in [0.4, 0.5) is 0 Å². The molecule has 5 nitrogen and oxygen atoms in total. The van der Waals surface area contributed by atoms with E-state index in [-0.39, 0.29) is 0 Å². The van der Waals surface area contributed by atoms with Gasteiger partial charge in [-0.3, -0.25) is 15.0 Å². The molecule has 0 N–H and O–H groups in total. The van der Waals surface area contributed by atoms with Crippen LogP contribution in [0, 0.1) is 0 Å². The third-order valence-electron chi connectivity index (χ3n) is 6.07. The van der Waals surface area contributed by atoms with Gasteiger partial charge in [-0.1, -0.05) is 36.4 Å². The van der Waals surface area contributed by atoms with E-state index in [4.69, 9.17) is 9.97 Å². The van der Waals surface area contributed by atoms with Gasteiger partial charge < -0.3 is 9.13 Å². The lowest BCUT2D eigenvalue weighted by Crippen LogP contribution is -1.99. The number of aromatic nitrogens is 5. The summed E-state index contributed by atoms with van der Waals surface area (Å²) in [6.07, 6.45) is 7.51. The number of rotatable bonds is 2. The Morgan fingerprint density at radius 1 is 0.500 bits per heavy atom. The second kappa shape index (κ2) is 6.49. The molecule has 0 atom stereocenters. The molecule has 0 aliphatic carbocycles. The second-order valence-corrected chi connectivity index (χ2v) is 7.82. The SMILES string of the molecule is c1ccc(-n2c3cccnc3c3cnc4c5ccccc5n(-c5cccnc5)c4c32)cc1. The summed E-state index contributed by atoms with van der Waals surface area (Å²) in [7, 11) is 0.